The van der Waals surface area contributed by atoms with Crippen molar-refractivity contribution in [1.29, 1.82) is 0 Å². The van der Waals surface area contributed by atoms with Crippen LogP contribution < -0.4 is 5.32 Å². The number of carbonyl (C=O) groups excluding carboxylic acids is 1. The summed E-state index contributed by atoms with van der Waals surface area (Å²) in [4.78, 5) is 16.3. The number of fused-ring (bicyclic) bond motifs is 4. The van der Waals surface area contributed by atoms with E-state index in [1.165, 1.54) is 30.9 Å². The van der Waals surface area contributed by atoms with E-state index in [2.05, 4.69) is 27.2 Å². The fourth-order valence-electron chi connectivity index (χ4n) is 4.58. The Morgan fingerprint density at radius 1 is 0.964 bits per heavy atom. The molecule has 2 aromatic rings. The Morgan fingerprint density at radius 2 is 1.64 bits per heavy atom. The van der Waals surface area contributed by atoms with Crippen molar-refractivity contribution in [3.05, 3.63) is 65.5 Å². The normalized spacial score (nSPS) is 22.8. The molecule has 5 rings (SSSR count). The van der Waals surface area contributed by atoms with Gasteiger partial charge in [0.2, 0.25) is 5.91 Å². The molecule has 3 heterocycles. The van der Waals surface area contributed by atoms with Crippen molar-refractivity contribution in [2.45, 2.75) is 38.9 Å². The number of carbonyl (C=O) groups is 1. The molecule has 3 aliphatic heterocycles. The minimum Gasteiger partial charge on any atom is -0.326 e. The molecule has 1 N–H and O–H groups in total. The summed E-state index contributed by atoms with van der Waals surface area (Å²) in [7, 11) is 0. The molecule has 0 radical (unpaired) electrons. The molecule has 28 heavy (non-hydrogen) atoms. The molecule has 3 saturated heterocycles. The van der Waals surface area contributed by atoms with Crippen LogP contribution in [0.5, 0.6) is 0 Å². The molecular formula is C23H28FN3O. The van der Waals surface area contributed by atoms with Crippen molar-refractivity contribution in [2.75, 3.05) is 25.0 Å². The Hall–Kier alpha value is -2.24. The van der Waals surface area contributed by atoms with Crippen molar-refractivity contribution in [2.24, 2.45) is 5.92 Å². The second-order valence-corrected chi connectivity index (χ2v) is 8.23. The summed E-state index contributed by atoms with van der Waals surface area (Å²) < 4.78 is 13.2. The van der Waals surface area contributed by atoms with Crippen LogP contribution in [0.4, 0.5) is 10.1 Å². The van der Waals surface area contributed by atoms with Gasteiger partial charge in [0.25, 0.3) is 0 Å². The quantitative estimate of drug-likeness (QED) is 0.854. The number of benzene rings is 2. The third-order valence-corrected chi connectivity index (χ3v) is 5.88. The van der Waals surface area contributed by atoms with Crippen LogP contribution in [0.3, 0.4) is 0 Å². The number of hydrogen-bond donors (Lipinski definition) is 1. The van der Waals surface area contributed by atoms with E-state index in [1.54, 1.807) is 12.1 Å². The highest BCUT2D eigenvalue weighted by Crippen LogP contribution is 2.30. The van der Waals surface area contributed by atoms with Crippen LogP contribution in [-0.2, 0) is 17.9 Å². The molecule has 2 bridgehead atoms. The molecule has 0 aromatic heterocycles. The van der Waals surface area contributed by atoms with Crippen LogP contribution in [0, 0.1) is 11.7 Å². The number of amides is 1. The highest BCUT2D eigenvalue weighted by atomic mass is 19.1. The van der Waals surface area contributed by atoms with E-state index in [-0.39, 0.29) is 11.7 Å². The molecule has 148 valence electrons. The monoisotopic (exact) mass is 381 g/mol. The van der Waals surface area contributed by atoms with Crippen LogP contribution in [-0.4, -0.2) is 41.4 Å². The van der Waals surface area contributed by atoms with E-state index in [0.29, 0.717) is 12.0 Å². The minimum absolute atomic E-state index is 0.0428. The molecule has 5 heteroatoms. The van der Waals surface area contributed by atoms with Gasteiger partial charge in [-0.25, -0.2) is 4.39 Å². The van der Waals surface area contributed by atoms with Gasteiger partial charge in [-0.2, -0.15) is 0 Å². The zero-order valence-electron chi connectivity index (χ0n) is 16.4. The number of nitrogens with zero attached hydrogens (tertiary/aromatic N) is 2. The molecule has 3 aliphatic rings. The summed E-state index contributed by atoms with van der Waals surface area (Å²) in [6.07, 6.45) is 2.54. The summed E-state index contributed by atoms with van der Waals surface area (Å²) in [5.74, 6) is 0.479. The van der Waals surface area contributed by atoms with Crippen LogP contribution in [0.1, 0.15) is 30.9 Å². The first-order valence-electron chi connectivity index (χ1n) is 10.1. The Bertz CT molecular complexity index is 806. The summed E-state index contributed by atoms with van der Waals surface area (Å²) in [5, 5.41) is 2.82. The molecule has 0 spiro atoms. The molecule has 0 saturated carbocycles. The average molecular weight is 381 g/mol. The summed E-state index contributed by atoms with van der Waals surface area (Å²) in [6.45, 7) is 6.69. The summed E-state index contributed by atoms with van der Waals surface area (Å²) >= 11 is 0. The Kier molecular flexibility index (Phi) is 5.74. The fourth-order valence-corrected chi connectivity index (χ4v) is 4.58. The predicted octanol–water partition coefficient (Wildman–Crippen LogP) is 3.88. The summed E-state index contributed by atoms with van der Waals surface area (Å²) in [6, 6.07) is 15.7. The van der Waals surface area contributed by atoms with Gasteiger partial charge in [0.05, 0.1) is 0 Å². The third kappa shape index (κ3) is 4.78. The number of nitrogens with one attached hydrogen (secondary N) is 1. The van der Waals surface area contributed by atoms with Gasteiger partial charge in [-0.15, -0.1) is 0 Å². The predicted molar refractivity (Wildman–Crippen MR) is 109 cm³/mol. The zero-order chi connectivity index (χ0) is 19.5. The van der Waals surface area contributed by atoms with Gasteiger partial charge in [-0.3, -0.25) is 14.6 Å². The van der Waals surface area contributed by atoms with Gasteiger partial charge in [0.15, 0.2) is 0 Å². The van der Waals surface area contributed by atoms with E-state index in [4.69, 9.17) is 0 Å². The van der Waals surface area contributed by atoms with Gasteiger partial charge in [0, 0.05) is 51.4 Å². The average Bonchev–Trinajstić information content (AvgIpc) is 2.95. The first-order chi connectivity index (χ1) is 13.5. The van der Waals surface area contributed by atoms with Crippen LogP contribution in [0.15, 0.2) is 48.5 Å². The number of piperidine rings is 1. The molecule has 0 unspecified atom stereocenters. The Balaban J connectivity index is 1.39. The molecular weight excluding hydrogens is 353 g/mol. The maximum Gasteiger partial charge on any atom is 0.221 e. The number of hydrogen-bond acceptors (Lipinski definition) is 3. The second-order valence-electron chi connectivity index (χ2n) is 8.23. The van der Waals surface area contributed by atoms with Crippen molar-refractivity contribution in [1.82, 2.24) is 9.80 Å². The van der Waals surface area contributed by atoms with Crippen LogP contribution in [0.2, 0.25) is 0 Å². The van der Waals surface area contributed by atoms with Crippen molar-refractivity contribution in [3.8, 4) is 0 Å². The van der Waals surface area contributed by atoms with E-state index < -0.39 is 0 Å². The standard InChI is InChI=1S/C23H28FN3O/c1-17(28)25-22-9-4-19(5-10-22)14-27-15-20-6-11-23(27)16-26(13-20)12-18-2-7-21(24)8-3-18/h2-5,7-10,20,23H,6,11-16H2,1H3,(H,25,28)/t20-,23+/m0/s1. The van der Waals surface area contributed by atoms with Crippen LogP contribution >= 0.6 is 0 Å². The van der Waals surface area contributed by atoms with Crippen molar-refractivity contribution >= 4 is 11.6 Å². The van der Waals surface area contributed by atoms with Crippen LogP contribution in [0.25, 0.3) is 0 Å². The van der Waals surface area contributed by atoms with E-state index in [9.17, 15) is 9.18 Å². The molecule has 0 aliphatic carbocycles. The lowest BCUT2D eigenvalue weighted by Crippen LogP contribution is -2.43. The number of halogens is 1. The zero-order valence-corrected chi connectivity index (χ0v) is 16.4. The number of rotatable bonds is 5. The topological polar surface area (TPSA) is 35.6 Å². The highest BCUT2D eigenvalue weighted by molar-refractivity contribution is 5.88. The lowest BCUT2D eigenvalue weighted by molar-refractivity contribution is -0.114. The highest BCUT2D eigenvalue weighted by Gasteiger charge is 2.34. The largest absolute Gasteiger partial charge is 0.326 e. The van der Waals surface area contributed by atoms with Gasteiger partial charge in [-0.05, 0) is 54.2 Å². The Morgan fingerprint density at radius 3 is 2.36 bits per heavy atom. The number of anilines is 1. The first-order valence-corrected chi connectivity index (χ1v) is 10.1. The summed E-state index contributed by atoms with van der Waals surface area (Å²) in [5.41, 5.74) is 3.31. The van der Waals surface area contributed by atoms with Gasteiger partial charge >= 0.3 is 0 Å². The third-order valence-electron chi connectivity index (χ3n) is 5.88. The maximum absolute atomic E-state index is 13.2. The molecule has 1 amide bonds. The lowest BCUT2D eigenvalue weighted by atomic mass is 9.94. The Labute approximate surface area is 166 Å². The molecule has 2 aromatic carbocycles. The lowest BCUT2D eigenvalue weighted by Gasteiger charge is -2.36. The fraction of sp³-hybridized carbons (Fsp3) is 0.435. The molecule has 2 atom stereocenters. The first kappa shape index (κ1) is 19.1. The van der Waals surface area contributed by atoms with E-state index in [1.807, 2.05) is 24.3 Å². The van der Waals surface area contributed by atoms with E-state index >= 15 is 0 Å². The second kappa shape index (κ2) is 8.41. The van der Waals surface area contributed by atoms with Crippen molar-refractivity contribution < 1.29 is 9.18 Å². The molecule has 4 nitrogen and oxygen atoms in total. The minimum atomic E-state index is -0.171. The van der Waals surface area contributed by atoms with Gasteiger partial charge in [-0.1, -0.05) is 24.3 Å². The maximum atomic E-state index is 13.2. The smallest absolute Gasteiger partial charge is 0.221 e. The van der Waals surface area contributed by atoms with Gasteiger partial charge < -0.3 is 5.32 Å². The van der Waals surface area contributed by atoms with E-state index in [0.717, 1.165) is 38.4 Å². The SMILES string of the molecule is CC(=O)Nc1ccc(CN2C[C@H]3CC[C@@H]2CN(Cc2ccc(F)cc2)C3)cc1. The van der Waals surface area contributed by atoms with Gasteiger partial charge in [0.1, 0.15) is 5.82 Å². The molecule has 3 fully saturated rings. The van der Waals surface area contributed by atoms with Crippen molar-refractivity contribution in [3.63, 3.8) is 0 Å².